The first-order chi connectivity index (χ1) is 9.34. The first-order valence-electron chi connectivity index (χ1n) is 6.30. The first-order valence-corrected chi connectivity index (χ1v) is 6.30. The van der Waals surface area contributed by atoms with Crippen LogP contribution < -0.4 is 0 Å². The van der Waals surface area contributed by atoms with E-state index in [0.29, 0.717) is 0 Å². The van der Waals surface area contributed by atoms with Crippen LogP contribution in [0.25, 0.3) is 22.5 Å². The Morgan fingerprint density at radius 3 is 1.95 bits per heavy atom. The van der Waals surface area contributed by atoms with E-state index in [2.05, 4.69) is 29.3 Å². The maximum absolute atomic E-state index is 4.34. The van der Waals surface area contributed by atoms with Gasteiger partial charge in [-0.15, -0.1) is 10.2 Å². The van der Waals surface area contributed by atoms with E-state index >= 15 is 0 Å². The molecule has 0 fully saturated rings. The molecule has 0 unspecified atom stereocenters. The summed E-state index contributed by atoms with van der Waals surface area (Å²) in [6.45, 7) is 2.09. The minimum absolute atomic E-state index is 0.901. The van der Waals surface area contributed by atoms with Crippen LogP contribution in [0.4, 0.5) is 0 Å². The maximum Gasteiger partial charge on any atom is 0.0932 e. The monoisotopic (exact) mass is 246 g/mol. The molecule has 1 aromatic heterocycles. The summed E-state index contributed by atoms with van der Waals surface area (Å²) >= 11 is 0. The van der Waals surface area contributed by atoms with Gasteiger partial charge in [-0.25, -0.2) is 0 Å². The third-order valence-electron chi connectivity index (χ3n) is 3.16. The van der Waals surface area contributed by atoms with Crippen molar-refractivity contribution in [2.24, 2.45) is 0 Å². The molecule has 0 amide bonds. The van der Waals surface area contributed by atoms with Gasteiger partial charge in [-0.3, -0.25) is 0 Å². The number of rotatable bonds is 2. The van der Waals surface area contributed by atoms with E-state index in [1.165, 1.54) is 5.56 Å². The van der Waals surface area contributed by atoms with E-state index in [-0.39, 0.29) is 0 Å². The van der Waals surface area contributed by atoms with Crippen molar-refractivity contribution >= 4 is 0 Å². The van der Waals surface area contributed by atoms with E-state index in [4.69, 9.17) is 0 Å². The second-order valence-corrected chi connectivity index (χ2v) is 4.48. The fourth-order valence-electron chi connectivity index (χ4n) is 2.10. The topological polar surface area (TPSA) is 25.8 Å². The molecule has 3 rings (SSSR count). The summed E-state index contributed by atoms with van der Waals surface area (Å²) in [6, 6.07) is 22.3. The molecule has 0 spiro atoms. The Bertz CT molecular complexity index is 673. The summed E-state index contributed by atoms with van der Waals surface area (Å²) < 4.78 is 0. The molecule has 0 N–H and O–H groups in total. The molecule has 0 aliphatic carbocycles. The normalized spacial score (nSPS) is 10.4. The summed E-state index contributed by atoms with van der Waals surface area (Å²) in [7, 11) is 0. The Balaban J connectivity index is 1.98. The van der Waals surface area contributed by atoms with Gasteiger partial charge in [0.25, 0.3) is 0 Å². The van der Waals surface area contributed by atoms with Crippen LogP contribution in [0.15, 0.2) is 66.7 Å². The number of nitrogens with zero attached hydrogens (tertiary/aromatic N) is 2. The van der Waals surface area contributed by atoms with Gasteiger partial charge in [0, 0.05) is 11.1 Å². The van der Waals surface area contributed by atoms with Gasteiger partial charge in [0.15, 0.2) is 0 Å². The van der Waals surface area contributed by atoms with Crippen LogP contribution in [0.3, 0.4) is 0 Å². The smallest absolute Gasteiger partial charge is 0.0932 e. The molecule has 19 heavy (non-hydrogen) atoms. The van der Waals surface area contributed by atoms with Crippen molar-refractivity contribution in [3.8, 4) is 22.5 Å². The lowest BCUT2D eigenvalue weighted by atomic mass is 10.1. The SMILES string of the molecule is Cc1ccccc1-c1ccc(-c2ccccc2)nn1. The van der Waals surface area contributed by atoms with E-state index < -0.39 is 0 Å². The van der Waals surface area contributed by atoms with Crippen LogP contribution in [0.1, 0.15) is 5.56 Å². The highest BCUT2D eigenvalue weighted by molar-refractivity contribution is 5.65. The van der Waals surface area contributed by atoms with Gasteiger partial charge < -0.3 is 0 Å². The summed E-state index contributed by atoms with van der Waals surface area (Å²) in [5.74, 6) is 0. The van der Waals surface area contributed by atoms with Crippen LogP contribution in [0.2, 0.25) is 0 Å². The third-order valence-corrected chi connectivity index (χ3v) is 3.16. The van der Waals surface area contributed by atoms with Crippen LogP contribution in [-0.2, 0) is 0 Å². The highest BCUT2D eigenvalue weighted by Gasteiger charge is 2.04. The number of aryl methyl sites for hydroxylation is 1. The third kappa shape index (κ3) is 2.38. The van der Waals surface area contributed by atoms with Gasteiger partial charge in [-0.2, -0.15) is 0 Å². The minimum Gasteiger partial charge on any atom is -0.150 e. The molecule has 1 heterocycles. The molecule has 2 nitrogen and oxygen atoms in total. The van der Waals surface area contributed by atoms with Crippen molar-refractivity contribution in [3.05, 3.63) is 72.3 Å². The minimum atomic E-state index is 0.901. The fraction of sp³-hybridized carbons (Fsp3) is 0.0588. The average molecular weight is 246 g/mol. The van der Waals surface area contributed by atoms with Gasteiger partial charge in [0.2, 0.25) is 0 Å². The molecule has 0 aliphatic heterocycles. The summed E-state index contributed by atoms with van der Waals surface area (Å²) in [4.78, 5) is 0. The Kier molecular flexibility index (Phi) is 3.07. The summed E-state index contributed by atoms with van der Waals surface area (Å²) in [6.07, 6.45) is 0. The van der Waals surface area contributed by atoms with Crippen molar-refractivity contribution in [2.75, 3.05) is 0 Å². The molecule has 0 saturated carbocycles. The van der Waals surface area contributed by atoms with Gasteiger partial charge in [-0.1, -0.05) is 54.6 Å². The molecular formula is C17H14N2. The lowest BCUT2D eigenvalue weighted by molar-refractivity contribution is 1.04. The standard InChI is InChI=1S/C17H14N2/c1-13-7-5-6-10-15(13)17-12-11-16(18-19-17)14-8-3-2-4-9-14/h2-12H,1H3. The lowest BCUT2D eigenvalue weighted by Gasteiger charge is -2.05. The number of hydrogen-bond donors (Lipinski definition) is 0. The molecule has 0 bridgehead atoms. The predicted molar refractivity (Wildman–Crippen MR) is 77.6 cm³/mol. The van der Waals surface area contributed by atoms with E-state index in [1.807, 2.05) is 54.6 Å². The molecular weight excluding hydrogens is 232 g/mol. The lowest BCUT2D eigenvalue weighted by Crippen LogP contribution is -1.92. The van der Waals surface area contributed by atoms with Crippen molar-refractivity contribution in [1.29, 1.82) is 0 Å². The fourth-order valence-corrected chi connectivity index (χ4v) is 2.10. The second kappa shape index (κ2) is 5.02. The predicted octanol–water partition coefficient (Wildman–Crippen LogP) is 4.12. The van der Waals surface area contributed by atoms with Crippen LogP contribution in [0, 0.1) is 6.92 Å². The van der Waals surface area contributed by atoms with E-state index in [1.54, 1.807) is 0 Å². The maximum atomic E-state index is 4.34. The zero-order valence-corrected chi connectivity index (χ0v) is 10.7. The Morgan fingerprint density at radius 2 is 1.26 bits per heavy atom. The molecule has 3 aromatic rings. The molecule has 2 heteroatoms. The van der Waals surface area contributed by atoms with Crippen molar-refractivity contribution in [2.45, 2.75) is 6.92 Å². The molecule has 0 radical (unpaired) electrons. The molecule has 0 aliphatic rings. The molecule has 2 aromatic carbocycles. The number of benzene rings is 2. The largest absolute Gasteiger partial charge is 0.150 e. The van der Waals surface area contributed by atoms with Gasteiger partial charge >= 0.3 is 0 Å². The Hall–Kier alpha value is -2.48. The van der Waals surface area contributed by atoms with E-state index in [9.17, 15) is 0 Å². The quantitative estimate of drug-likeness (QED) is 0.679. The average Bonchev–Trinajstić information content (AvgIpc) is 2.49. The first kappa shape index (κ1) is 11.6. The Morgan fingerprint density at radius 1 is 0.632 bits per heavy atom. The van der Waals surface area contributed by atoms with Crippen LogP contribution in [0.5, 0.6) is 0 Å². The molecule has 92 valence electrons. The van der Waals surface area contributed by atoms with Crippen molar-refractivity contribution < 1.29 is 0 Å². The summed E-state index contributed by atoms with van der Waals surface area (Å²) in [5, 5.41) is 8.65. The van der Waals surface area contributed by atoms with Gasteiger partial charge in [0.05, 0.1) is 11.4 Å². The Labute approximate surface area is 112 Å². The van der Waals surface area contributed by atoms with Gasteiger partial charge in [-0.05, 0) is 24.6 Å². The van der Waals surface area contributed by atoms with Crippen LogP contribution >= 0.6 is 0 Å². The number of hydrogen-bond acceptors (Lipinski definition) is 2. The number of aromatic nitrogens is 2. The second-order valence-electron chi connectivity index (χ2n) is 4.48. The zero-order chi connectivity index (χ0) is 13.1. The highest BCUT2D eigenvalue weighted by Crippen LogP contribution is 2.22. The van der Waals surface area contributed by atoms with Crippen LogP contribution in [-0.4, -0.2) is 10.2 Å². The van der Waals surface area contributed by atoms with E-state index in [0.717, 1.165) is 22.5 Å². The zero-order valence-electron chi connectivity index (χ0n) is 10.7. The molecule has 0 saturated heterocycles. The summed E-state index contributed by atoms with van der Waals surface area (Å²) in [5.41, 5.74) is 5.25. The van der Waals surface area contributed by atoms with Gasteiger partial charge in [0.1, 0.15) is 0 Å². The highest BCUT2D eigenvalue weighted by atomic mass is 15.1. The molecule has 0 atom stereocenters. The van der Waals surface area contributed by atoms with Crippen molar-refractivity contribution in [3.63, 3.8) is 0 Å². The van der Waals surface area contributed by atoms with Crippen molar-refractivity contribution in [1.82, 2.24) is 10.2 Å².